The molecule has 0 aromatic rings. The van der Waals surface area contributed by atoms with Gasteiger partial charge in [-0.2, -0.15) is 0 Å². The predicted molar refractivity (Wildman–Crippen MR) is 142 cm³/mol. The van der Waals surface area contributed by atoms with E-state index in [4.69, 9.17) is 0 Å². The van der Waals surface area contributed by atoms with Crippen LogP contribution in [0.15, 0.2) is 35.5 Å². The molecule has 3 rings (SSSR count). The third-order valence-corrected chi connectivity index (χ3v) is 7.80. The topological polar surface area (TPSA) is 60.7 Å². The third-order valence-electron chi connectivity index (χ3n) is 7.80. The lowest BCUT2D eigenvalue weighted by molar-refractivity contribution is 0.0609. The van der Waals surface area contributed by atoms with Crippen molar-refractivity contribution in [2.75, 3.05) is 0 Å². The first-order valence-corrected chi connectivity index (χ1v) is 13.7. The molecule has 0 saturated heterocycles. The minimum Gasteiger partial charge on any atom is -0.393 e. The van der Waals surface area contributed by atoms with Gasteiger partial charge in [-0.05, 0) is 94.8 Å². The molecule has 3 fully saturated rings. The lowest BCUT2D eigenvalue weighted by Crippen LogP contribution is -2.35. The Labute approximate surface area is 205 Å². The van der Waals surface area contributed by atoms with Crippen LogP contribution in [0.2, 0.25) is 0 Å². The fraction of sp³-hybridized carbons (Fsp3) is 0.800. The first-order chi connectivity index (χ1) is 15.6. The largest absolute Gasteiger partial charge is 0.393 e. The van der Waals surface area contributed by atoms with Crippen molar-refractivity contribution in [3.05, 3.63) is 35.5 Å². The number of aliphatic hydroxyl groups is 3. The fourth-order valence-corrected chi connectivity index (χ4v) is 6.38. The van der Waals surface area contributed by atoms with Crippen molar-refractivity contribution in [1.82, 2.24) is 0 Å². The van der Waals surface area contributed by atoms with Crippen molar-refractivity contribution in [3.8, 4) is 0 Å². The van der Waals surface area contributed by atoms with Gasteiger partial charge in [-0.1, -0.05) is 77.0 Å². The van der Waals surface area contributed by atoms with Gasteiger partial charge in [0.2, 0.25) is 0 Å². The number of hydrogen-bond donors (Lipinski definition) is 3. The zero-order chi connectivity index (χ0) is 25.2. The Morgan fingerprint density at radius 2 is 1.64 bits per heavy atom. The highest BCUT2D eigenvalue weighted by Gasteiger charge is 2.50. The van der Waals surface area contributed by atoms with Crippen molar-refractivity contribution in [2.45, 2.75) is 131 Å². The van der Waals surface area contributed by atoms with Crippen LogP contribution in [-0.4, -0.2) is 33.1 Å². The summed E-state index contributed by atoms with van der Waals surface area (Å²) in [6.45, 7) is 16.6. The van der Waals surface area contributed by atoms with E-state index in [1.807, 2.05) is 41.5 Å². The summed E-state index contributed by atoms with van der Waals surface area (Å²) < 4.78 is 0. The van der Waals surface area contributed by atoms with Gasteiger partial charge in [-0.3, -0.25) is 0 Å². The summed E-state index contributed by atoms with van der Waals surface area (Å²) in [5.74, 6) is 1.88. The lowest BCUT2D eigenvalue weighted by atomic mass is 9.61. The van der Waals surface area contributed by atoms with Crippen LogP contribution in [0.5, 0.6) is 0 Å². The van der Waals surface area contributed by atoms with Crippen molar-refractivity contribution >= 4 is 0 Å². The number of hydrogen-bond acceptors (Lipinski definition) is 3. The average Bonchev–Trinajstić information content (AvgIpc) is 3.11. The van der Waals surface area contributed by atoms with E-state index in [2.05, 4.69) is 38.2 Å². The quantitative estimate of drug-likeness (QED) is 0.374. The highest BCUT2D eigenvalue weighted by atomic mass is 16.3. The molecule has 3 N–H and O–H groups in total. The Hall–Kier alpha value is -0.900. The van der Waals surface area contributed by atoms with Crippen LogP contribution < -0.4 is 0 Å². The number of aliphatic hydroxyl groups excluding tert-OH is 2. The molecule has 1 unspecified atom stereocenters. The summed E-state index contributed by atoms with van der Waals surface area (Å²) in [6.07, 6.45) is 17.2. The van der Waals surface area contributed by atoms with Crippen LogP contribution >= 0.6 is 0 Å². The second-order valence-electron chi connectivity index (χ2n) is 10.9. The van der Waals surface area contributed by atoms with Crippen molar-refractivity contribution < 1.29 is 15.3 Å². The summed E-state index contributed by atoms with van der Waals surface area (Å²) in [5.41, 5.74) is 2.49. The fourth-order valence-electron chi connectivity index (χ4n) is 6.38. The molecule has 0 aromatic heterocycles. The molecule has 3 aliphatic rings. The Balaban J connectivity index is 0.00000129. The standard InChI is InChI=1S/C26H42O3.2C2H6/c1-18(7-5-13-25(2,3)29)23-11-12-24-20(8-6-14-26(23,24)4)10-9-19-15-21(27)17-22(28)16-19;2*1-2/h5,7,9-10,18,21-24,27-29H,6,8,11-17H2,1-4H3;2*1-2H3/b7-5+,20-10+;;/t18-,21-,22-,23?,24+,26-;;/m1../s1. The van der Waals surface area contributed by atoms with Crippen LogP contribution in [0.4, 0.5) is 0 Å². The first kappa shape index (κ1) is 30.1. The molecular weight excluding hydrogens is 408 g/mol. The predicted octanol–water partition coefficient (Wildman–Crippen LogP) is 7.37. The molecule has 6 atom stereocenters. The van der Waals surface area contributed by atoms with E-state index in [0.717, 1.165) is 0 Å². The molecule has 3 heteroatoms. The van der Waals surface area contributed by atoms with Crippen LogP contribution in [0.3, 0.4) is 0 Å². The normalized spacial score (nSPS) is 34.2. The van der Waals surface area contributed by atoms with Gasteiger partial charge in [0, 0.05) is 0 Å². The Kier molecular flexibility index (Phi) is 12.6. The molecule has 33 heavy (non-hydrogen) atoms. The molecule has 0 radical (unpaired) electrons. The summed E-state index contributed by atoms with van der Waals surface area (Å²) in [4.78, 5) is 0. The Bertz CT molecular complexity index is 642. The highest BCUT2D eigenvalue weighted by Crippen LogP contribution is 2.59. The second kappa shape index (κ2) is 13.9. The molecule has 192 valence electrons. The highest BCUT2D eigenvalue weighted by molar-refractivity contribution is 5.26. The van der Waals surface area contributed by atoms with Crippen LogP contribution in [0.1, 0.15) is 113 Å². The van der Waals surface area contributed by atoms with E-state index in [1.165, 1.54) is 37.7 Å². The van der Waals surface area contributed by atoms with Gasteiger partial charge in [0.15, 0.2) is 0 Å². The van der Waals surface area contributed by atoms with E-state index in [-0.39, 0.29) is 0 Å². The number of fused-ring (bicyclic) bond motifs is 1. The van der Waals surface area contributed by atoms with Crippen LogP contribution in [0, 0.1) is 23.2 Å². The molecule has 3 nitrogen and oxygen atoms in total. The molecule has 3 aliphatic carbocycles. The lowest BCUT2D eigenvalue weighted by Gasteiger charge is -2.44. The SMILES string of the molecule is CC.CC.C[C@H](/C=C/CC(C)(C)O)C1CC[C@H]2/C(=C/C=C3C[C@@H](O)C[C@H](O)C3)CCC[C@]12C. The minimum absolute atomic E-state index is 0.354. The van der Waals surface area contributed by atoms with E-state index in [9.17, 15) is 15.3 Å². The monoisotopic (exact) mass is 462 g/mol. The van der Waals surface area contributed by atoms with Gasteiger partial charge in [-0.25, -0.2) is 0 Å². The van der Waals surface area contributed by atoms with E-state index in [0.29, 0.717) is 48.9 Å². The summed E-state index contributed by atoms with van der Waals surface area (Å²) in [7, 11) is 0. The van der Waals surface area contributed by atoms with Gasteiger partial charge in [-0.15, -0.1) is 0 Å². The summed E-state index contributed by atoms with van der Waals surface area (Å²) in [6, 6.07) is 0. The Morgan fingerprint density at radius 3 is 2.21 bits per heavy atom. The van der Waals surface area contributed by atoms with Gasteiger partial charge in [0.1, 0.15) is 0 Å². The molecule has 0 aromatic carbocycles. The van der Waals surface area contributed by atoms with Gasteiger partial charge >= 0.3 is 0 Å². The van der Waals surface area contributed by atoms with Crippen molar-refractivity contribution in [1.29, 1.82) is 0 Å². The molecular formula is C30H54O3. The van der Waals surface area contributed by atoms with E-state index >= 15 is 0 Å². The van der Waals surface area contributed by atoms with Gasteiger partial charge < -0.3 is 15.3 Å². The average molecular weight is 463 g/mol. The van der Waals surface area contributed by atoms with E-state index < -0.39 is 17.8 Å². The number of rotatable bonds is 5. The smallest absolute Gasteiger partial charge is 0.0626 e. The van der Waals surface area contributed by atoms with Crippen LogP contribution in [0.25, 0.3) is 0 Å². The number of allylic oxidation sites excluding steroid dienone is 4. The third kappa shape index (κ3) is 8.67. The van der Waals surface area contributed by atoms with Gasteiger partial charge in [0.25, 0.3) is 0 Å². The van der Waals surface area contributed by atoms with E-state index in [1.54, 1.807) is 5.57 Å². The second-order valence-corrected chi connectivity index (χ2v) is 10.9. The maximum atomic E-state index is 9.97. The Morgan fingerprint density at radius 1 is 1.03 bits per heavy atom. The molecule has 0 amide bonds. The molecule has 0 heterocycles. The van der Waals surface area contributed by atoms with Crippen molar-refractivity contribution in [2.24, 2.45) is 23.2 Å². The molecule has 0 spiro atoms. The maximum Gasteiger partial charge on any atom is 0.0626 e. The minimum atomic E-state index is -0.632. The molecule has 3 saturated carbocycles. The zero-order valence-corrected chi connectivity index (χ0v) is 22.9. The maximum absolute atomic E-state index is 9.97. The summed E-state index contributed by atoms with van der Waals surface area (Å²) >= 11 is 0. The van der Waals surface area contributed by atoms with Crippen LogP contribution in [-0.2, 0) is 0 Å². The summed E-state index contributed by atoms with van der Waals surface area (Å²) in [5, 5.41) is 29.9. The molecule has 0 bridgehead atoms. The zero-order valence-electron chi connectivity index (χ0n) is 22.9. The first-order valence-electron chi connectivity index (χ1n) is 13.7. The van der Waals surface area contributed by atoms with Gasteiger partial charge in [0.05, 0.1) is 17.8 Å². The van der Waals surface area contributed by atoms with Crippen molar-refractivity contribution in [3.63, 3.8) is 0 Å². The molecule has 0 aliphatic heterocycles.